The lowest BCUT2D eigenvalue weighted by atomic mass is 10.0. The first kappa shape index (κ1) is 13.2. The summed E-state index contributed by atoms with van der Waals surface area (Å²) in [6.07, 6.45) is 6.85. The molecular weight excluding hydrogens is 288 g/mol. The normalized spacial score (nSPS) is 12.3. The van der Waals surface area contributed by atoms with Gasteiger partial charge in [-0.05, 0) is 48.6 Å². The van der Waals surface area contributed by atoms with Crippen molar-refractivity contribution in [3.63, 3.8) is 0 Å². The highest BCUT2D eigenvalue weighted by Gasteiger charge is 2.05. The summed E-state index contributed by atoms with van der Waals surface area (Å²) in [6, 6.07) is 12.4. The molecule has 0 aliphatic heterocycles. The van der Waals surface area contributed by atoms with Gasteiger partial charge in [0.25, 0.3) is 0 Å². The van der Waals surface area contributed by atoms with E-state index < -0.39 is 0 Å². The lowest BCUT2D eigenvalue weighted by molar-refractivity contribution is 0.611. The molecule has 1 aromatic carbocycles. The number of nitrogens with zero attached hydrogens (tertiary/aromatic N) is 1. The van der Waals surface area contributed by atoms with E-state index in [1.165, 1.54) is 11.1 Å². The van der Waals surface area contributed by atoms with Crippen LogP contribution in [0.3, 0.4) is 0 Å². The van der Waals surface area contributed by atoms with Crippen LogP contribution in [0.4, 0.5) is 0 Å². The summed E-state index contributed by atoms with van der Waals surface area (Å²) < 4.78 is 1.09. The zero-order valence-electron chi connectivity index (χ0n) is 10.2. The maximum absolute atomic E-state index is 6.18. The monoisotopic (exact) mass is 304 g/mol. The molecule has 2 N–H and O–H groups in total. The van der Waals surface area contributed by atoms with Crippen LogP contribution in [0, 0.1) is 0 Å². The zero-order chi connectivity index (χ0) is 12.8. The van der Waals surface area contributed by atoms with Crippen molar-refractivity contribution in [2.75, 3.05) is 0 Å². The van der Waals surface area contributed by atoms with Gasteiger partial charge in [-0.15, -0.1) is 0 Å². The summed E-state index contributed by atoms with van der Waals surface area (Å²) in [6.45, 7) is 0. The zero-order valence-corrected chi connectivity index (χ0v) is 11.8. The van der Waals surface area contributed by atoms with Gasteiger partial charge in [-0.3, -0.25) is 4.98 Å². The highest BCUT2D eigenvalue weighted by atomic mass is 79.9. The number of halogens is 1. The van der Waals surface area contributed by atoms with E-state index >= 15 is 0 Å². The molecule has 0 unspecified atom stereocenters. The van der Waals surface area contributed by atoms with E-state index in [4.69, 9.17) is 5.73 Å². The van der Waals surface area contributed by atoms with Crippen molar-refractivity contribution in [1.82, 2.24) is 4.98 Å². The van der Waals surface area contributed by atoms with Crippen LogP contribution in [0.15, 0.2) is 53.3 Å². The smallest absolute Gasteiger partial charge is 0.0299 e. The average molecular weight is 305 g/mol. The Kier molecular flexibility index (Phi) is 4.90. The standard InChI is InChI=1S/C15H17BrN2/c16-14-8-6-13(7-9-14)15(17)5-1-3-12-4-2-10-18-11-12/h2,4,6-11,15H,1,3,5,17H2/t15-/m1/s1. The number of hydrogen-bond acceptors (Lipinski definition) is 2. The molecule has 0 amide bonds. The number of aromatic nitrogens is 1. The Bertz CT molecular complexity index is 468. The van der Waals surface area contributed by atoms with E-state index in [1.54, 1.807) is 6.20 Å². The van der Waals surface area contributed by atoms with Crippen LogP contribution in [0.2, 0.25) is 0 Å². The summed E-state index contributed by atoms with van der Waals surface area (Å²) in [5.74, 6) is 0. The minimum atomic E-state index is 0.120. The number of hydrogen-bond donors (Lipinski definition) is 1. The van der Waals surface area contributed by atoms with Gasteiger partial charge in [0, 0.05) is 22.9 Å². The van der Waals surface area contributed by atoms with E-state index in [0.717, 1.165) is 23.7 Å². The Labute approximate surface area is 116 Å². The van der Waals surface area contributed by atoms with E-state index in [0.29, 0.717) is 0 Å². The van der Waals surface area contributed by atoms with Crippen molar-refractivity contribution in [1.29, 1.82) is 0 Å². The fourth-order valence-corrected chi connectivity index (χ4v) is 2.21. The lowest BCUT2D eigenvalue weighted by Crippen LogP contribution is -2.10. The second-order valence-electron chi connectivity index (χ2n) is 4.41. The van der Waals surface area contributed by atoms with Gasteiger partial charge in [0.1, 0.15) is 0 Å². The van der Waals surface area contributed by atoms with Crippen LogP contribution < -0.4 is 5.73 Å². The minimum absolute atomic E-state index is 0.120. The topological polar surface area (TPSA) is 38.9 Å². The third-order valence-corrected chi connectivity index (χ3v) is 3.53. The molecule has 1 heterocycles. The lowest BCUT2D eigenvalue weighted by Gasteiger charge is -2.11. The van der Waals surface area contributed by atoms with E-state index in [2.05, 4.69) is 39.1 Å². The Morgan fingerprint density at radius 3 is 2.61 bits per heavy atom. The molecule has 2 aromatic rings. The fourth-order valence-electron chi connectivity index (χ4n) is 1.95. The summed E-state index contributed by atoms with van der Waals surface area (Å²) in [5.41, 5.74) is 8.66. The highest BCUT2D eigenvalue weighted by molar-refractivity contribution is 9.10. The first-order chi connectivity index (χ1) is 8.75. The fraction of sp³-hybridized carbons (Fsp3) is 0.267. The molecule has 0 aliphatic carbocycles. The van der Waals surface area contributed by atoms with Crippen LogP contribution in [0.5, 0.6) is 0 Å². The van der Waals surface area contributed by atoms with Gasteiger partial charge in [-0.25, -0.2) is 0 Å². The molecule has 0 saturated heterocycles. The maximum atomic E-state index is 6.18. The minimum Gasteiger partial charge on any atom is -0.324 e. The van der Waals surface area contributed by atoms with Gasteiger partial charge >= 0.3 is 0 Å². The molecule has 0 radical (unpaired) electrons. The van der Waals surface area contributed by atoms with Crippen molar-refractivity contribution in [2.45, 2.75) is 25.3 Å². The van der Waals surface area contributed by atoms with Crippen molar-refractivity contribution in [2.24, 2.45) is 5.73 Å². The largest absolute Gasteiger partial charge is 0.324 e. The van der Waals surface area contributed by atoms with Crippen LogP contribution in [-0.2, 0) is 6.42 Å². The summed E-state index contributed by atoms with van der Waals surface area (Å²) in [5, 5.41) is 0. The number of nitrogens with two attached hydrogens (primary N) is 1. The average Bonchev–Trinajstić information content (AvgIpc) is 2.40. The van der Waals surface area contributed by atoms with Crippen LogP contribution in [-0.4, -0.2) is 4.98 Å². The molecule has 0 fully saturated rings. The Morgan fingerprint density at radius 2 is 1.94 bits per heavy atom. The van der Waals surface area contributed by atoms with E-state index in [-0.39, 0.29) is 6.04 Å². The van der Waals surface area contributed by atoms with Gasteiger partial charge < -0.3 is 5.73 Å². The molecule has 2 rings (SSSR count). The second-order valence-corrected chi connectivity index (χ2v) is 5.33. The number of benzene rings is 1. The Hall–Kier alpha value is -1.19. The molecular formula is C15H17BrN2. The second kappa shape index (κ2) is 6.66. The Balaban J connectivity index is 1.81. The van der Waals surface area contributed by atoms with Crippen LogP contribution >= 0.6 is 15.9 Å². The molecule has 2 nitrogen and oxygen atoms in total. The predicted molar refractivity (Wildman–Crippen MR) is 78.2 cm³/mol. The first-order valence-electron chi connectivity index (χ1n) is 6.15. The molecule has 94 valence electrons. The predicted octanol–water partition coefficient (Wildman–Crippen LogP) is 3.87. The molecule has 0 saturated carbocycles. The first-order valence-corrected chi connectivity index (χ1v) is 6.95. The van der Waals surface area contributed by atoms with Crippen LogP contribution in [0.25, 0.3) is 0 Å². The third kappa shape index (κ3) is 3.93. The number of aryl methyl sites for hydroxylation is 1. The van der Waals surface area contributed by atoms with Crippen molar-refractivity contribution < 1.29 is 0 Å². The molecule has 3 heteroatoms. The third-order valence-electron chi connectivity index (χ3n) is 3.00. The Morgan fingerprint density at radius 1 is 1.17 bits per heavy atom. The maximum Gasteiger partial charge on any atom is 0.0299 e. The molecule has 18 heavy (non-hydrogen) atoms. The van der Waals surface area contributed by atoms with E-state index in [9.17, 15) is 0 Å². The van der Waals surface area contributed by atoms with Crippen molar-refractivity contribution in [3.8, 4) is 0 Å². The molecule has 0 spiro atoms. The van der Waals surface area contributed by atoms with Gasteiger partial charge in [0.2, 0.25) is 0 Å². The van der Waals surface area contributed by atoms with Crippen molar-refractivity contribution >= 4 is 15.9 Å². The summed E-state index contributed by atoms with van der Waals surface area (Å²) >= 11 is 3.43. The van der Waals surface area contributed by atoms with Gasteiger partial charge in [0.05, 0.1) is 0 Å². The van der Waals surface area contributed by atoms with Crippen molar-refractivity contribution in [3.05, 3.63) is 64.4 Å². The van der Waals surface area contributed by atoms with Crippen LogP contribution in [0.1, 0.15) is 30.0 Å². The van der Waals surface area contributed by atoms with Gasteiger partial charge in [-0.2, -0.15) is 0 Å². The van der Waals surface area contributed by atoms with Gasteiger partial charge in [0.15, 0.2) is 0 Å². The molecule has 1 atom stereocenters. The number of rotatable bonds is 5. The molecule has 1 aromatic heterocycles. The quantitative estimate of drug-likeness (QED) is 0.911. The number of pyridine rings is 1. The molecule has 0 aliphatic rings. The molecule has 0 bridgehead atoms. The SMILES string of the molecule is N[C@H](CCCc1cccnc1)c1ccc(Br)cc1. The van der Waals surface area contributed by atoms with Gasteiger partial charge in [-0.1, -0.05) is 34.1 Å². The summed E-state index contributed by atoms with van der Waals surface area (Å²) in [4.78, 5) is 4.11. The van der Waals surface area contributed by atoms with E-state index in [1.807, 2.05) is 24.4 Å². The highest BCUT2D eigenvalue weighted by Crippen LogP contribution is 2.19. The summed E-state index contributed by atoms with van der Waals surface area (Å²) in [7, 11) is 0.